The first-order valence-electron chi connectivity index (χ1n) is 30.1. The fraction of sp³-hybridized carbons (Fsp3) is 0.559. The predicted molar refractivity (Wildman–Crippen MR) is 319 cm³/mol. The number of quaternary nitrogens is 2. The maximum absolute atomic E-state index is 11.2. The summed E-state index contributed by atoms with van der Waals surface area (Å²) in [6.07, 6.45) is 25.6. The quantitative estimate of drug-likeness (QED) is 0.0178. The molecule has 400 valence electrons. The van der Waals surface area contributed by atoms with Crippen molar-refractivity contribution in [3.8, 4) is 0 Å². The van der Waals surface area contributed by atoms with Crippen LogP contribution in [-0.2, 0) is 5.41 Å². The van der Waals surface area contributed by atoms with Gasteiger partial charge in [-0.05, 0) is 107 Å². The van der Waals surface area contributed by atoms with E-state index >= 15 is 0 Å². The molecule has 0 saturated heterocycles. The van der Waals surface area contributed by atoms with Crippen molar-refractivity contribution >= 4 is 39.4 Å². The summed E-state index contributed by atoms with van der Waals surface area (Å²) in [7, 11) is -1.75. The van der Waals surface area contributed by atoms with Crippen molar-refractivity contribution in [2.75, 3.05) is 52.4 Å². The lowest BCUT2D eigenvalue weighted by Gasteiger charge is -2.39. The van der Waals surface area contributed by atoms with Crippen LogP contribution in [0.25, 0.3) is 32.3 Å². The van der Waals surface area contributed by atoms with Crippen LogP contribution in [0.2, 0.25) is 6.32 Å². The van der Waals surface area contributed by atoms with Crippen molar-refractivity contribution in [1.82, 2.24) is 0 Å². The summed E-state index contributed by atoms with van der Waals surface area (Å²) >= 11 is 0. The van der Waals surface area contributed by atoms with Gasteiger partial charge in [-0.1, -0.05) is 253 Å². The van der Waals surface area contributed by atoms with Gasteiger partial charge in [-0.3, -0.25) is 0 Å². The molecule has 0 spiro atoms. The fourth-order valence-corrected chi connectivity index (χ4v) is 11.8. The highest BCUT2D eigenvalue weighted by atomic mass is 16.4. The van der Waals surface area contributed by atoms with Gasteiger partial charge in [0.15, 0.2) is 0 Å². The van der Waals surface area contributed by atoms with Crippen LogP contribution >= 0.6 is 0 Å². The highest BCUT2D eigenvalue weighted by Crippen LogP contribution is 2.50. The molecule has 0 N–H and O–H groups in total. The van der Waals surface area contributed by atoms with Crippen molar-refractivity contribution in [3.05, 3.63) is 144 Å². The van der Waals surface area contributed by atoms with E-state index in [0.29, 0.717) is 6.42 Å². The van der Waals surface area contributed by atoms with E-state index in [4.69, 9.17) is 0 Å². The minimum absolute atomic E-state index is 0.184. The van der Waals surface area contributed by atoms with Crippen LogP contribution in [0.3, 0.4) is 0 Å². The van der Waals surface area contributed by atoms with E-state index in [9.17, 15) is 10.0 Å². The van der Waals surface area contributed by atoms with Gasteiger partial charge in [-0.25, -0.2) is 0 Å². The molecule has 6 aromatic rings. The number of hydrogen-bond acceptors (Lipinski definition) is 2. The molecule has 4 nitrogen and oxygen atoms in total. The molecule has 0 atom stereocenters. The Kier molecular flexibility index (Phi) is 29.1. The zero-order valence-corrected chi connectivity index (χ0v) is 47.9. The highest BCUT2D eigenvalue weighted by molar-refractivity contribution is 6.36. The minimum atomic E-state index is -1.75. The van der Waals surface area contributed by atoms with Crippen LogP contribution in [0, 0.1) is 0 Å². The molecule has 0 saturated carbocycles. The van der Waals surface area contributed by atoms with Crippen LogP contribution in [0.1, 0.15) is 200 Å². The zero-order valence-electron chi connectivity index (χ0n) is 47.9. The first kappa shape index (κ1) is 61.6. The molecule has 0 aliphatic carbocycles. The highest BCUT2D eigenvalue weighted by Gasteiger charge is 2.39. The lowest BCUT2D eigenvalue weighted by atomic mass is 9.63. The van der Waals surface area contributed by atoms with Gasteiger partial charge in [0.2, 0.25) is 0 Å². The minimum Gasteiger partial charge on any atom is -0.893 e. The Morgan fingerprint density at radius 1 is 0.315 bits per heavy atom. The van der Waals surface area contributed by atoms with Gasteiger partial charge >= 0.3 is 0 Å². The Hall–Kier alpha value is -4.00. The fourth-order valence-electron chi connectivity index (χ4n) is 11.8. The molecule has 0 heterocycles. The molecular formula is C68H103BN2O2. The molecule has 0 unspecified atom stereocenters. The number of fused-ring (bicyclic) bond motifs is 3. The molecule has 73 heavy (non-hydrogen) atoms. The number of hydrogen-bond donors (Lipinski definition) is 0. The largest absolute Gasteiger partial charge is 0.893 e. The Morgan fingerprint density at radius 2 is 0.575 bits per heavy atom. The van der Waals surface area contributed by atoms with Gasteiger partial charge < -0.3 is 19.0 Å². The van der Waals surface area contributed by atoms with Crippen molar-refractivity contribution in [1.29, 1.82) is 0 Å². The molecule has 6 rings (SSSR count). The van der Waals surface area contributed by atoms with Gasteiger partial charge in [0.05, 0.1) is 52.4 Å². The number of nitrogens with zero attached hydrogens (tertiary/aromatic N) is 2. The second-order valence-corrected chi connectivity index (χ2v) is 21.8. The van der Waals surface area contributed by atoms with Gasteiger partial charge in [0, 0.05) is 5.41 Å². The maximum atomic E-state index is 11.2. The maximum Gasteiger partial charge on any atom is 0.0786 e. The summed E-state index contributed by atoms with van der Waals surface area (Å²) in [5, 5.41) is 29.9. The number of rotatable bonds is 33. The topological polar surface area (TPSA) is 46.1 Å². The molecule has 5 heteroatoms. The average Bonchev–Trinajstić information content (AvgIpc) is 3.43. The average molecular weight is 991 g/mol. The van der Waals surface area contributed by atoms with Crippen LogP contribution in [-0.4, -0.2) is 68.4 Å². The summed E-state index contributed by atoms with van der Waals surface area (Å²) in [6.45, 7) is 30.0. The Morgan fingerprint density at radius 3 is 0.836 bits per heavy atom. The summed E-state index contributed by atoms with van der Waals surface area (Å²) in [5.41, 5.74) is 3.42. The standard InChI is InChI=1S/C36H31BO2.2C16H36N/c38-37(39)26-9-1-8-25-36(33-22-10-16-27-13-2-5-19-30(27)33,34-23-11-17-28-14-3-6-20-31(28)34)35-24-12-18-29-15-4-7-21-32(29)35;2*1-5-9-13-17(14-10-6-2,15-11-7-3)16-12-8-4/h2-7,10-24H,1,8-9,25-26H2;2*5-16H2,1-4H3/q-2;2*+1. The van der Waals surface area contributed by atoms with E-state index in [-0.39, 0.29) is 6.32 Å². The molecule has 0 aliphatic rings. The third-order valence-electron chi connectivity index (χ3n) is 16.1. The molecule has 6 aromatic carbocycles. The molecule has 0 radical (unpaired) electrons. The Bertz CT molecular complexity index is 2060. The SMILES string of the molecule is CCCC[N+](CCCC)(CCCC)CCCC.CCCC[N+](CCCC)(CCCC)CCCC.[O-]B([O-])CCCCCC(c1cccc2ccccc12)(c1cccc2ccccc12)c1cccc2ccccc12. The van der Waals surface area contributed by atoms with Gasteiger partial charge in [0.1, 0.15) is 0 Å². The van der Waals surface area contributed by atoms with Crippen LogP contribution in [0.15, 0.2) is 127 Å². The van der Waals surface area contributed by atoms with Crippen molar-refractivity contribution in [2.45, 2.75) is 196 Å². The van der Waals surface area contributed by atoms with Crippen molar-refractivity contribution < 1.29 is 19.0 Å². The summed E-state index contributed by atoms with van der Waals surface area (Å²) in [5.74, 6) is 0. The lowest BCUT2D eigenvalue weighted by Crippen LogP contribution is -2.50. The second-order valence-electron chi connectivity index (χ2n) is 21.8. The second kappa shape index (κ2) is 34.6. The van der Waals surface area contributed by atoms with Crippen LogP contribution in [0.5, 0.6) is 0 Å². The third-order valence-corrected chi connectivity index (χ3v) is 16.1. The van der Waals surface area contributed by atoms with Crippen LogP contribution in [0.4, 0.5) is 0 Å². The monoisotopic (exact) mass is 991 g/mol. The summed E-state index contributed by atoms with van der Waals surface area (Å²) in [4.78, 5) is 0. The van der Waals surface area contributed by atoms with Gasteiger partial charge in [-0.2, -0.15) is 0 Å². The first-order valence-corrected chi connectivity index (χ1v) is 30.1. The summed E-state index contributed by atoms with van der Waals surface area (Å²) < 4.78 is 2.84. The molecular weight excluding hydrogens is 888 g/mol. The van der Waals surface area contributed by atoms with Crippen molar-refractivity contribution in [3.63, 3.8) is 0 Å². The lowest BCUT2D eigenvalue weighted by molar-refractivity contribution is -0.929. The van der Waals surface area contributed by atoms with E-state index in [1.807, 2.05) is 0 Å². The van der Waals surface area contributed by atoms with Gasteiger partial charge in [-0.15, -0.1) is 13.4 Å². The molecule has 0 aliphatic heterocycles. The predicted octanol–water partition coefficient (Wildman–Crippen LogP) is 17.3. The molecule has 0 amide bonds. The third kappa shape index (κ3) is 18.7. The normalized spacial score (nSPS) is 11.9. The number of benzene rings is 6. The first-order chi connectivity index (χ1) is 35.7. The van der Waals surface area contributed by atoms with Crippen molar-refractivity contribution in [2.24, 2.45) is 0 Å². The smallest absolute Gasteiger partial charge is 0.0786 e. The van der Waals surface area contributed by atoms with E-state index < -0.39 is 12.5 Å². The van der Waals surface area contributed by atoms with Gasteiger partial charge in [0.25, 0.3) is 0 Å². The Labute approximate surface area is 448 Å². The molecule has 0 bridgehead atoms. The van der Waals surface area contributed by atoms with E-state index in [0.717, 1.165) is 19.3 Å². The number of unbranched alkanes of at least 4 members (excludes halogenated alkanes) is 10. The van der Waals surface area contributed by atoms with Crippen LogP contribution < -0.4 is 10.0 Å². The van der Waals surface area contributed by atoms with E-state index in [2.05, 4.69) is 183 Å². The zero-order chi connectivity index (χ0) is 52.6. The molecule has 0 fully saturated rings. The Balaban J connectivity index is 0.000000284. The molecule has 0 aromatic heterocycles. The van der Waals surface area contributed by atoms with E-state index in [1.165, 1.54) is 213 Å². The summed E-state index contributed by atoms with van der Waals surface area (Å²) in [6, 6.07) is 46.0. The van der Waals surface area contributed by atoms with E-state index in [1.54, 1.807) is 0 Å².